The van der Waals surface area contributed by atoms with Crippen LogP contribution >= 0.6 is 22.6 Å². The molecule has 0 atom stereocenters. The summed E-state index contributed by atoms with van der Waals surface area (Å²) in [5.41, 5.74) is 2.78. The van der Waals surface area contributed by atoms with Crippen molar-refractivity contribution >= 4 is 28.2 Å². The van der Waals surface area contributed by atoms with Gasteiger partial charge >= 0.3 is 0 Å². The Morgan fingerprint density at radius 3 is 2.75 bits per heavy atom. The van der Waals surface area contributed by atoms with Gasteiger partial charge in [0.25, 0.3) is 0 Å². The number of hydrogen-bond acceptors (Lipinski definition) is 0. The molecule has 0 unspecified atom stereocenters. The van der Waals surface area contributed by atoms with Gasteiger partial charge in [-0.3, -0.25) is 0 Å². The maximum Gasteiger partial charge on any atom is 0.0136 e. The highest BCUT2D eigenvalue weighted by Gasteiger charge is 1.97. The normalized spacial score (nSPS) is 11.8. The van der Waals surface area contributed by atoms with E-state index in [2.05, 4.69) is 66.8 Å². The number of benzene rings is 1. The van der Waals surface area contributed by atoms with Gasteiger partial charge in [0.1, 0.15) is 0 Å². The van der Waals surface area contributed by atoms with Crippen molar-refractivity contribution in [2.75, 3.05) is 0 Å². The molecule has 0 saturated heterocycles. The monoisotopic (exact) mass is 272 g/mol. The van der Waals surface area contributed by atoms with Crippen LogP contribution in [0, 0.1) is 3.57 Å². The van der Waals surface area contributed by atoms with Gasteiger partial charge in [0.05, 0.1) is 0 Å². The fraction of sp³-hybridized carbons (Fsp3) is 0.273. The van der Waals surface area contributed by atoms with E-state index in [9.17, 15) is 0 Å². The second-order valence-corrected chi connectivity index (χ2v) is 3.92. The lowest BCUT2D eigenvalue weighted by Crippen LogP contribution is -1.82. The third kappa shape index (κ3) is 2.34. The van der Waals surface area contributed by atoms with Crippen LogP contribution in [-0.2, 0) is 0 Å². The average Bonchev–Trinajstić information content (AvgIpc) is 2.07. The first kappa shape index (κ1) is 9.78. The molecule has 0 aliphatic rings. The molecule has 0 spiro atoms. The van der Waals surface area contributed by atoms with Crippen LogP contribution in [0.15, 0.2) is 30.3 Å². The summed E-state index contributed by atoms with van der Waals surface area (Å²) in [5, 5.41) is 0. The highest BCUT2D eigenvalue weighted by Crippen LogP contribution is 2.19. The van der Waals surface area contributed by atoms with Gasteiger partial charge in [-0.05, 0) is 59.2 Å². The Morgan fingerprint density at radius 2 is 2.25 bits per heavy atom. The van der Waals surface area contributed by atoms with E-state index in [1.165, 1.54) is 14.7 Å². The molecule has 12 heavy (non-hydrogen) atoms. The average molecular weight is 272 g/mol. The summed E-state index contributed by atoms with van der Waals surface area (Å²) in [4.78, 5) is 0. The van der Waals surface area contributed by atoms with Crippen LogP contribution < -0.4 is 0 Å². The SMILES string of the molecule is C/C=C(\CC)c1cccc(I)c1. The van der Waals surface area contributed by atoms with Gasteiger partial charge in [0, 0.05) is 3.57 Å². The smallest absolute Gasteiger partial charge is 0.0136 e. The lowest BCUT2D eigenvalue weighted by atomic mass is 10.0. The molecule has 0 radical (unpaired) electrons. The number of rotatable bonds is 2. The van der Waals surface area contributed by atoms with E-state index < -0.39 is 0 Å². The van der Waals surface area contributed by atoms with E-state index in [1.54, 1.807) is 0 Å². The molecular formula is C11H13I. The molecule has 64 valence electrons. The molecule has 0 saturated carbocycles. The van der Waals surface area contributed by atoms with Crippen LogP contribution in [0.1, 0.15) is 25.8 Å². The first-order valence-electron chi connectivity index (χ1n) is 4.19. The lowest BCUT2D eigenvalue weighted by molar-refractivity contribution is 1.23. The molecule has 0 nitrogen and oxygen atoms in total. The molecule has 1 heteroatoms. The van der Waals surface area contributed by atoms with Crippen molar-refractivity contribution in [3.8, 4) is 0 Å². The molecule has 0 fully saturated rings. The fourth-order valence-electron chi connectivity index (χ4n) is 1.26. The molecule has 1 aromatic rings. The second-order valence-electron chi connectivity index (χ2n) is 2.68. The van der Waals surface area contributed by atoms with Crippen LogP contribution in [0.2, 0.25) is 0 Å². The zero-order chi connectivity index (χ0) is 8.97. The highest BCUT2D eigenvalue weighted by atomic mass is 127. The van der Waals surface area contributed by atoms with E-state index in [-0.39, 0.29) is 0 Å². The molecule has 0 aromatic heterocycles. The van der Waals surface area contributed by atoms with Crippen molar-refractivity contribution in [1.82, 2.24) is 0 Å². The summed E-state index contributed by atoms with van der Waals surface area (Å²) in [6.45, 7) is 4.29. The van der Waals surface area contributed by atoms with Gasteiger partial charge in [0.15, 0.2) is 0 Å². The van der Waals surface area contributed by atoms with Crippen molar-refractivity contribution < 1.29 is 0 Å². The summed E-state index contributed by atoms with van der Waals surface area (Å²) in [5.74, 6) is 0. The largest absolute Gasteiger partial charge is 0.0839 e. The maximum absolute atomic E-state index is 2.34. The Kier molecular flexibility index (Phi) is 3.79. The minimum atomic E-state index is 1.11. The predicted octanol–water partition coefficient (Wildman–Crippen LogP) is 4.10. The van der Waals surface area contributed by atoms with E-state index in [0.717, 1.165) is 6.42 Å². The van der Waals surface area contributed by atoms with Gasteiger partial charge in [0.2, 0.25) is 0 Å². The van der Waals surface area contributed by atoms with Crippen molar-refractivity contribution in [3.05, 3.63) is 39.5 Å². The third-order valence-corrected chi connectivity index (χ3v) is 2.60. The van der Waals surface area contributed by atoms with Crippen molar-refractivity contribution in [2.45, 2.75) is 20.3 Å². The molecule has 1 rings (SSSR count). The summed E-state index contributed by atoms with van der Waals surface area (Å²) in [6, 6.07) is 8.61. The van der Waals surface area contributed by atoms with Crippen molar-refractivity contribution in [3.63, 3.8) is 0 Å². The minimum absolute atomic E-state index is 1.11. The molecule has 0 heterocycles. The number of halogens is 1. The summed E-state index contributed by atoms with van der Waals surface area (Å²) in [6.07, 6.45) is 3.29. The summed E-state index contributed by atoms with van der Waals surface area (Å²) >= 11 is 2.34. The highest BCUT2D eigenvalue weighted by molar-refractivity contribution is 14.1. The number of hydrogen-bond donors (Lipinski definition) is 0. The molecule has 0 aliphatic carbocycles. The lowest BCUT2D eigenvalue weighted by Gasteiger charge is -2.03. The van der Waals surface area contributed by atoms with E-state index in [0.29, 0.717) is 0 Å². The van der Waals surface area contributed by atoms with Crippen LogP contribution in [0.4, 0.5) is 0 Å². The number of allylic oxidation sites excluding steroid dienone is 2. The van der Waals surface area contributed by atoms with Crippen LogP contribution in [0.3, 0.4) is 0 Å². The van der Waals surface area contributed by atoms with E-state index in [4.69, 9.17) is 0 Å². The van der Waals surface area contributed by atoms with Crippen molar-refractivity contribution in [2.24, 2.45) is 0 Å². The Labute approximate surface area is 87.8 Å². The zero-order valence-electron chi connectivity index (χ0n) is 7.47. The van der Waals surface area contributed by atoms with Gasteiger partial charge < -0.3 is 0 Å². The first-order valence-corrected chi connectivity index (χ1v) is 5.27. The van der Waals surface area contributed by atoms with Crippen molar-refractivity contribution in [1.29, 1.82) is 0 Å². The Morgan fingerprint density at radius 1 is 1.50 bits per heavy atom. The Hall–Kier alpha value is -0.310. The molecule has 0 amide bonds. The Balaban J connectivity index is 3.02. The van der Waals surface area contributed by atoms with Crippen LogP contribution in [-0.4, -0.2) is 0 Å². The van der Waals surface area contributed by atoms with Gasteiger partial charge in [-0.25, -0.2) is 0 Å². The third-order valence-electron chi connectivity index (χ3n) is 1.92. The van der Waals surface area contributed by atoms with E-state index in [1.807, 2.05) is 0 Å². The zero-order valence-corrected chi connectivity index (χ0v) is 9.63. The van der Waals surface area contributed by atoms with Gasteiger partial charge in [-0.15, -0.1) is 0 Å². The molecule has 0 bridgehead atoms. The molecular weight excluding hydrogens is 259 g/mol. The maximum atomic E-state index is 2.34. The molecule has 1 aromatic carbocycles. The summed E-state index contributed by atoms with van der Waals surface area (Å²) in [7, 11) is 0. The first-order chi connectivity index (χ1) is 5.77. The molecule has 0 N–H and O–H groups in total. The van der Waals surface area contributed by atoms with Gasteiger partial charge in [-0.1, -0.05) is 25.1 Å². The summed E-state index contributed by atoms with van der Waals surface area (Å²) < 4.78 is 1.30. The Bertz CT molecular complexity index is 287. The van der Waals surface area contributed by atoms with Crippen LogP contribution in [0.25, 0.3) is 5.57 Å². The van der Waals surface area contributed by atoms with Gasteiger partial charge in [-0.2, -0.15) is 0 Å². The predicted molar refractivity (Wildman–Crippen MR) is 63.1 cm³/mol. The fourth-order valence-corrected chi connectivity index (χ4v) is 1.81. The molecule has 0 aliphatic heterocycles. The quantitative estimate of drug-likeness (QED) is 0.711. The van der Waals surface area contributed by atoms with Crippen LogP contribution in [0.5, 0.6) is 0 Å². The topological polar surface area (TPSA) is 0 Å². The van der Waals surface area contributed by atoms with E-state index >= 15 is 0 Å². The standard InChI is InChI=1S/C11H13I/c1-3-9(4-2)10-6-5-7-11(12)8-10/h3,5-8H,4H2,1-2H3/b9-3+. The second kappa shape index (κ2) is 4.65. The minimum Gasteiger partial charge on any atom is -0.0839 e.